The lowest BCUT2D eigenvalue weighted by Gasteiger charge is -2.15. The van der Waals surface area contributed by atoms with Gasteiger partial charge in [-0.15, -0.1) is 0 Å². The number of ether oxygens (including phenoxy) is 1. The fourth-order valence-electron chi connectivity index (χ4n) is 3.13. The Morgan fingerprint density at radius 2 is 1.85 bits per heavy atom. The lowest BCUT2D eigenvalue weighted by Crippen LogP contribution is -2.43. The van der Waals surface area contributed by atoms with Crippen molar-refractivity contribution in [3.8, 4) is 5.75 Å². The molecule has 0 aromatic heterocycles. The second kappa shape index (κ2) is 9.34. The first kappa shape index (κ1) is 18.4. The fourth-order valence-corrected chi connectivity index (χ4v) is 3.38. The maximum absolute atomic E-state index is 12.4. The Kier molecular flexibility index (Phi) is 6.61. The summed E-state index contributed by atoms with van der Waals surface area (Å²) in [6.45, 7) is 0.566. The van der Waals surface area contributed by atoms with E-state index < -0.39 is 0 Å². The van der Waals surface area contributed by atoms with Crippen molar-refractivity contribution in [2.75, 3.05) is 6.61 Å². The lowest BCUT2D eigenvalue weighted by molar-refractivity contribution is 0.0976. The smallest absolute Gasteiger partial charge is 0.257 e. The highest BCUT2D eigenvalue weighted by atomic mass is 32.1. The van der Waals surface area contributed by atoms with E-state index in [0.717, 1.165) is 19.3 Å². The molecule has 0 bridgehead atoms. The Labute approximate surface area is 160 Å². The molecule has 0 aliphatic heterocycles. The predicted molar refractivity (Wildman–Crippen MR) is 108 cm³/mol. The van der Waals surface area contributed by atoms with Gasteiger partial charge in [-0.3, -0.25) is 10.1 Å². The molecule has 1 aliphatic rings. The Morgan fingerprint density at radius 1 is 1.08 bits per heavy atom. The molecule has 0 heterocycles. The van der Waals surface area contributed by atoms with Crippen molar-refractivity contribution in [1.82, 2.24) is 10.6 Å². The number of rotatable bonds is 6. The molecule has 3 rings (SSSR count). The van der Waals surface area contributed by atoms with Gasteiger partial charge in [0.2, 0.25) is 0 Å². The summed E-state index contributed by atoms with van der Waals surface area (Å²) in [4.78, 5) is 12.4. The number of nitrogens with one attached hydrogen (secondary N) is 2. The Bertz CT molecular complexity index is 743. The number of hydrogen-bond acceptors (Lipinski definition) is 3. The normalized spacial score (nSPS) is 14.0. The van der Waals surface area contributed by atoms with Gasteiger partial charge in [-0.2, -0.15) is 0 Å². The molecule has 26 heavy (non-hydrogen) atoms. The van der Waals surface area contributed by atoms with Gasteiger partial charge in [0.25, 0.3) is 5.91 Å². The summed E-state index contributed by atoms with van der Waals surface area (Å²) in [7, 11) is 0. The molecule has 2 N–H and O–H groups in total. The van der Waals surface area contributed by atoms with Crippen LogP contribution in [0.5, 0.6) is 5.75 Å². The molecule has 1 fully saturated rings. The zero-order chi connectivity index (χ0) is 18.2. The third-order valence-corrected chi connectivity index (χ3v) is 4.74. The maximum atomic E-state index is 12.4. The molecule has 0 radical (unpaired) electrons. The van der Waals surface area contributed by atoms with Gasteiger partial charge in [-0.25, -0.2) is 0 Å². The molecular formula is C21H24N2O2S. The fraction of sp³-hybridized carbons (Fsp3) is 0.333. The summed E-state index contributed by atoms with van der Waals surface area (Å²) in [6.07, 6.45) is 5.49. The maximum Gasteiger partial charge on any atom is 0.257 e. The van der Waals surface area contributed by atoms with Gasteiger partial charge in [0.05, 0.1) is 6.61 Å². The Balaban J connectivity index is 1.49. The van der Waals surface area contributed by atoms with Crippen molar-refractivity contribution < 1.29 is 9.53 Å². The minimum absolute atomic E-state index is 0.214. The molecule has 5 heteroatoms. The van der Waals surface area contributed by atoms with Crippen molar-refractivity contribution in [2.24, 2.45) is 0 Å². The van der Waals surface area contributed by atoms with Crippen molar-refractivity contribution in [3.63, 3.8) is 0 Å². The van der Waals surface area contributed by atoms with Gasteiger partial charge in [0.15, 0.2) is 5.11 Å². The standard InChI is InChI=1S/C21H24N2O2S/c24-20(23-21(26)22-18-10-4-5-11-18)17-9-6-12-19(15-17)25-14-13-16-7-2-1-3-8-16/h1-3,6-9,12,15,18H,4-5,10-11,13-14H2,(H2,22,23,24,26). The van der Waals surface area contributed by atoms with Crippen molar-refractivity contribution in [3.05, 3.63) is 65.7 Å². The van der Waals surface area contributed by atoms with Crippen LogP contribution >= 0.6 is 12.2 Å². The quantitative estimate of drug-likeness (QED) is 0.761. The predicted octanol–water partition coefficient (Wildman–Crippen LogP) is 3.86. The van der Waals surface area contributed by atoms with E-state index in [-0.39, 0.29) is 5.91 Å². The van der Waals surface area contributed by atoms with Crippen LogP contribution in [0.15, 0.2) is 54.6 Å². The van der Waals surface area contributed by atoms with Crippen LogP contribution in [0.4, 0.5) is 0 Å². The van der Waals surface area contributed by atoms with E-state index in [1.54, 1.807) is 12.1 Å². The summed E-state index contributed by atoms with van der Waals surface area (Å²) >= 11 is 5.25. The monoisotopic (exact) mass is 368 g/mol. The molecule has 4 nitrogen and oxygen atoms in total. The van der Waals surface area contributed by atoms with Crippen molar-refractivity contribution in [1.29, 1.82) is 0 Å². The first-order valence-corrected chi connectivity index (χ1v) is 9.50. The van der Waals surface area contributed by atoms with Crippen LogP contribution in [0.1, 0.15) is 41.6 Å². The van der Waals surface area contributed by atoms with Crippen LogP contribution in [0.3, 0.4) is 0 Å². The van der Waals surface area contributed by atoms with Gasteiger partial charge in [-0.05, 0) is 48.8 Å². The minimum Gasteiger partial charge on any atom is -0.493 e. The molecule has 1 aliphatic carbocycles. The highest BCUT2D eigenvalue weighted by Gasteiger charge is 2.17. The van der Waals surface area contributed by atoms with E-state index in [2.05, 4.69) is 22.8 Å². The second-order valence-corrected chi connectivity index (χ2v) is 6.93. The molecule has 0 spiro atoms. The van der Waals surface area contributed by atoms with Crippen LogP contribution in [0, 0.1) is 0 Å². The minimum atomic E-state index is -0.214. The Hall–Kier alpha value is -2.40. The average Bonchev–Trinajstić information content (AvgIpc) is 3.15. The third kappa shape index (κ3) is 5.56. The highest BCUT2D eigenvalue weighted by molar-refractivity contribution is 7.80. The second-order valence-electron chi connectivity index (χ2n) is 6.52. The third-order valence-electron chi connectivity index (χ3n) is 4.52. The van der Waals surface area contributed by atoms with Gasteiger partial charge < -0.3 is 10.1 Å². The first-order valence-electron chi connectivity index (χ1n) is 9.09. The van der Waals surface area contributed by atoms with Crippen molar-refractivity contribution >= 4 is 23.2 Å². The van der Waals surface area contributed by atoms with Gasteiger partial charge in [0, 0.05) is 18.0 Å². The topological polar surface area (TPSA) is 50.4 Å². The average molecular weight is 369 g/mol. The van der Waals surface area contributed by atoms with Crippen LogP contribution in [0.2, 0.25) is 0 Å². The van der Waals surface area contributed by atoms with Gasteiger partial charge in [0.1, 0.15) is 5.75 Å². The largest absolute Gasteiger partial charge is 0.493 e. The number of carbonyl (C=O) groups excluding carboxylic acids is 1. The number of amides is 1. The van der Waals surface area contributed by atoms with E-state index in [0.29, 0.717) is 29.1 Å². The molecule has 2 aromatic rings. The summed E-state index contributed by atoms with van der Waals surface area (Å²) in [5.41, 5.74) is 1.77. The molecule has 0 atom stereocenters. The van der Waals surface area contributed by atoms with E-state index in [4.69, 9.17) is 17.0 Å². The SMILES string of the molecule is O=C(NC(=S)NC1CCCC1)c1cccc(OCCc2ccccc2)c1. The summed E-state index contributed by atoms with van der Waals surface area (Å²) < 4.78 is 5.78. The van der Waals surface area contributed by atoms with Crippen LogP contribution in [0.25, 0.3) is 0 Å². The van der Waals surface area contributed by atoms with Gasteiger partial charge in [-0.1, -0.05) is 49.2 Å². The first-order chi connectivity index (χ1) is 12.7. The lowest BCUT2D eigenvalue weighted by atomic mass is 10.2. The molecule has 0 saturated heterocycles. The van der Waals surface area contributed by atoms with E-state index >= 15 is 0 Å². The van der Waals surface area contributed by atoms with Crippen LogP contribution in [-0.4, -0.2) is 23.7 Å². The van der Waals surface area contributed by atoms with Crippen LogP contribution < -0.4 is 15.4 Å². The summed E-state index contributed by atoms with van der Waals surface area (Å²) in [5.74, 6) is 0.470. The van der Waals surface area contributed by atoms with Crippen molar-refractivity contribution in [2.45, 2.75) is 38.1 Å². The summed E-state index contributed by atoms with van der Waals surface area (Å²) in [6, 6.07) is 17.8. The molecule has 2 aromatic carbocycles. The van der Waals surface area contributed by atoms with E-state index in [1.807, 2.05) is 30.3 Å². The number of hydrogen-bond donors (Lipinski definition) is 2. The molecular weight excluding hydrogens is 344 g/mol. The number of carbonyl (C=O) groups is 1. The van der Waals surface area contributed by atoms with E-state index in [1.165, 1.54) is 18.4 Å². The van der Waals surface area contributed by atoms with Crippen LogP contribution in [-0.2, 0) is 6.42 Å². The Morgan fingerprint density at radius 3 is 2.62 bits per heavy atom. The zero-order valence-electron chi connectivity index (χ0n) is 14.7. The summed E-state index contributed by atoms with van der Waals surface area (Å²) in [5, 5.41) is 6.37. The molecule has 0 unspecified atom stereocenters. The number of benzene rings is 2. The highest BCUT2D eigenvalue weighted by Crippen LogP contribution is 2.17. The van der Waals surface area contributed by atoms with E-state index in [9.17, 15) is 4.79 Å². The molecule has 136 valence electrons. The number of thiocarbonyl (C=S) groups is 1. The van der Waals surface area contributed by atoms with Gasteiger partial charge >= 0.3 is 0 Å². The zero-order valence-corrected chi connectivity index (χ0v) is 15.6. The molecule has 1 amide bonds. The molecule has 1 saturated carbocycles.